The molecule has 0 fully saturated rings. The Kier molecular flexibility index (Phi) is 5.29. The number of hydrogen-bond donors (Lipinski definition) is 1. The average Bonchev–Trinajstić information content (AvgIpc) is 3.20. The third kappa shape index (κ3) is 3.92. The van der Waals surface area contributed by atoms with Crippen molar-refractivity contribution in [1.82, 2.24) is 9.97 Å². The number of amides is 1. The number of thiazole rings is 1. The highest BCUT2D eigenvalue weighted by atomic mass is 32.1. The minimum atomic E-state index is -0.202. The van der Waals surface area contributed by atoms with Gasteiger partial charge in [0.25, 0.3) is 5.91 Å². The van der Waals surface area contributed by atoms with Crippen molar-refractivity contribution >= 4 is 43.5 Å². The van der Waals surface area contributed by atoms with E-state index in [1.54, 1.807) is 0 Å². The molecule has 2 heterocycles. The Morgan fingerprint density at radius 1 is 0.969 bits per heavy atom. The van der Waals surface area contributed by atoms with Crippen LogP contribution in [-0.2, 0) is 0 Å². The molecule has 3 aromatic carbocycles. The zero-order chi connectivity index (χ0) is 22.1. The molecule has 5 nitrogen and oxygen atoms in total. The number of hydrogen-bond acceptors (Lipinski definition) is 5. The quantitative estimate of drug-likeness (QED) is 0.341. The molecule has 0 aliphatic heterocycles. The van der Waals surface area contributed by atoms with Gasteiger partial charge in [-0.2, -0.15) is 0 Å². The van der Waals surface area contributed by atoms with Crippen LogP contribution < -0.4 is 10.1 Å². The normalized spacial score (nSPS) is 11.1. The summed E-state index contributed by atoms with van der Waals surface area (Å²) >= 11 is 1.47. The van der Waals surface area contributed by atoms with E-state index in [-0.39, 0.29) is 5.91 Å². The van der Waals surface area contributed by atoms with E-state index in [1.807, 2.05) is 80.6 Å². The van der Waals surface area contributed by atoms with E-state index < -0.39 is 0 Å². The van der Waals surface area contributed by atoms with Crippen molar-refractivity contribution in [3.63, 3.8) is 0 Å². The van der Waals surface area contributed by atoms with Crippen molar-refractivity contribution in [2.45, 2.75) is 13.8 Å². The molecule has 1 amide bonds. The molecular formula is C26H21N3O2S. The number of benzene rings is 3. The SMILES string of the molecule is CCOc1ccc(-c2cc(C(=O)Nc3nc4ccc(C)cc4s3)c3ccccc3n2)cc1. The number of carbonyl (C=O) groups excluding carboxylic acids is 1. The number of carbonyl (C=O) groups is 1. The average molecular weight is 440 g/mol. The van der Waals surface area contributed by atoms with Crippen LogP contribution in [0.2, 0.25) is 0 Å². The second-order valence-corrected chi connectivity index (χ2v) is 8.50. The molecule has 32 heavy (non-hydrogen) atoms. The molecule has 0 spiro atoms. The highest BCUT2D eigenvalue weighted by Gasteiger charge is 2.16. The van der Waals surface area contributed by atoms with Crippen molar-refractivity contribution in [2.24, 2.45) is 0 Å². The third-order valence-electron chi connectivity index (χ3n) is 5.19. The number of aryl methyl sites for hydroxylation is 1. The molecule has 0 radical (unpaired) electrons. The lowest BCUT2D eigenvalue weighted by Crippen LogP contribution is -2.13. The van der Waals surface area contributed by atoms with E-state index in [4.69, 9.17) is 9.72 Å². The number of ether oxygens (including phenoxy) is 1. The summed E-state index contributed by atoms with van der Waals surface area (Å²) in [6.07, 6.45) is 0. The van der Waals surface area contributed by atoms with E-state index in [1.165, 1.54) is 16.9 Å². The van der Waals surface area contributed by atoms with Crippen LogP contribution in [0.4, 0.5) is 5.13 Å². The molecule has 0 saturated carbocycles. The molecule has 6 heteroatoms. The van der Waals surface area contributed by atoms with Gasteiger partial charge >= 0.3 is 0 Å². The molecule has 0 bridgehead atoms. The summed E-state index contributed by atoms with van der Waals surface area (Å²) in [4.78, 5) is 22.6. The van der Waals surface area contributed by atoms with Crippen LogP contribution >= 0.6 is 11.3 Å². The largest absolute Gasteiger partial charge is 0.494 e. The zero-order valence-electron chi connectivity index (χ0n) is 17.8. The Morgan fingerprint density at radius 3 is 2.59 bits per heavy atom. The maximum Gasteiger partial charge on any atom is 0.258 e. The summed E-state index contributed by atoms with van der Waals surface area (Å²) in [7, 11) is 0. The number of pyridine rings is 1. The van der Waals surface area contributed by atoms with Crippen LogP contribution in [0.15, 0.2) is 72.8 Å². The first kappa shape index (κ1) is 20.2. The maximum absolute atomic E-state index is 13.3. The fraction of sp³-hybridized carbons (Fsp3) is 0.115. The van der Waals surface area contributed by atoms with E-state index in [0.717, 1.165) is 38.1 Å². The van der Waals surface area contributed by atoms with Gasteiger partial charge in [-0.1, -0.05) is 35.6 Å². The number of nitrogens with one attached hydrogen (secondary N) is 1. The Labute approximate surface area is 189 Å². The maximum atomic E-state index is 13.3. The lowest BCUT2D eigenvalue weighted by Gasteiger charge is -2.10. The monoisotopic (exact) mass is 439 g/mol. The molecule has 5 rings (SSSR count). The number of rotatable bonds is 5. The molecule has 0 atom stereocenters. The molecular weight excluding hydrogens is 418 g/mol. The molecule has 0 saturated heterocycles. The van der Waals surface area contributed by atoms with Gasteiger partial charge in [-0.15, -0.1) is 0 Å². The topological polar surface area (TPSA) is 64.1 Å². The van der Waals surface area contributed by atoms with Gasteiger partial charge in [0.15, 0.2) is 5.13 Å². The van der Waals surface area contributed by atoms with Gasteiger partial charge in [-0.25, -0.2) is 9.97 Å². The Bertz CT molecular complexity index is 1440. The smallest absolute Gasteiger partial charge is 0.258 e. The van der Waals surface area contributed by atoms with E-state index in [9.17, 15) is 4.79 Å². The fourth-order valence-corrected chi connectivity index (χ4v) is 4.61. The molecule has 0 aliphatic carbocycles. The van der Waals surface area contributed by atoms with Crippen LogP contribution in [0.25, 0.3) is 32.4 Å². The van der Waals surface area contributed by atoms with Crippen LogP contribution in [-0.4, -0.2) is 22.5 Å². The molecule has 5 aromatic rings. The van der Waals surface area contributed by atoms with Crippen molar-refractivity contribution in [2.75, 3.05) is 11.9 Å². The fourth-order valence-electron chi connectivity index (χ4n) is 3.65. The van der Waals surface area contributed by atoms with Gasteiger partial charge in [0.05, 0.1) is 33.6 Å². The van der Waals surface area contributed by atoms with E-state index >= 15 is 0 Å². The molecule has 1 N–H and O–H groups in total. The second kappa shape index (κ2) is 8.40. The lowest BCUT2D eigenvalue weighted by atomic mass is 10.0. The van der Waals surface area contributed by atoms with Crippen LogP contribution in [0, 0.1) is 6.92 Å². The summed E-state index contributed by atoms with van der Waals surface area (Å²) < 4.78 is 6.59. The predicted octanol–water partition coefficient (Wildman–Crippen LogP) is 6.47. The zero-order valence-corrected chi connectivity index (χ0v) is 18.6. The van der Waals surface area contributed by atoms with E-state index in [0.29, 0.717) is 17.3 Å². The van der Waals surface area contributed by atoms with Gasteiger partial charge in [-0.3, -0.25) is 10.1 Å². The molecule has 158 valence electrons. The lowest BCUT2D eigenvalue weighted by molar-refractivity contribution is 0.102. The number of anilines is 1. The Balaban J connectivity index is 1.53. The summed E-state index contributed by atoms with van der Waals surface area (Å²) in [6.45, 7) is 4.61. The van der Waals surface area contributed by atoms with Crippen LogP contribution in [0.5, 0.6) is 5.75 Å². The van der Waals surface area contributed by atoms with Gasteiger partial charge < -0.3 is 4.74 Å². The highest BCUT2D eigenvalue weighted by molar-refractivity contribution is 7.22. The Morgan fingerprint density at radius 2 is 1.78 bits per heavy atom. The number of fused-ring (bicyclic) bond motifs is 2. The van der Waals surface area contributed by atoms with Crippen molar-refractivity contribution in [3.05, 3.63) is 83.9 Å². The van der Waals surface area contributed by atoms with Gasteiger partial charge in [0, 0.05) is 10.9 Å². The second-order valence-electron chi connectivity index (χ2n) is 7.47. The summed E-state index contributed by atoms with van der Waals surface area (Å²) in [5.74, 6) is 0.604. The molecule has 2 aromatic heterocycles. The van der Waals surface area contributed by atoms with Crippen molar-refractivity contribution in [1.29, 1.82) is 0 Å². The van der Waals surface area contributed by atoms with Crippen LogP contribution in [0.1, 0.15) is 22.8 Å². The third-order valence-corrected chi connectivity index (χ3v) is 6.12. The standard InChI is InChI=1S/C26H21N3O2S/c1-3-31-18-11-9-17(10-12-18)23-15-20(19-6-4-5-7-21(19)27-23)25(30)29-26-28-22-13-8-16(2)14-24(22)32-26/h4-15H,3H2,1-2H3,(H,28,29,30). The van der Waals surface area contributed by atoms with E-state index in [2.05, 4.69) is 16.4 Å². The predicted molar refractivity (Wildman–Crippen MR) is 131 cm³/mol. The highest BCUT2D eigenvalue weighted by Crippen LogP contribution is 2.29. The van der Waals surface area contributed by atoms with Gasteiger partial charge in [-0.05, 0) is 67.9 Å². The minimum absolute atomic E-state index is 0.202. The number of nitrogens with zero attached hydrogens (tertiary/aromatic N) is 2. The molecule has 0 unspecified atom stereocenters. The Hall–Kier alpha value is -3.77. The van der Waals surface area contributed by atoms with Crippen molar-refractivity contribution in [3.8, 4) is 17.0 Å². The number of para-hydroxylation sites is 1. The summed E-state index contributed by atoms with van der Waals surface area (Å²) in [6, 6.07) is 23.3. The number of aromatic nitrogens is 2. The summed E-state index contributed by atoms with van der Waals surface area (Å²) in [5.41, 5.74) is 5.03. The first-order chi connectivity index (χ1) is 15.6. The van der Waals surface area contributed by atoms with Gasteiger partial charge in [0.1, 0.15) is 5.75 Å². The minimum Gasteiger partial charge on any atom is -0.494 e. The first-order valence-corrected chi connectivity index (χ1v) is 11.2. The summed E-state index contributed by atoms with van der Waals surface area (Å²) in [5, 5.41) is 4.37. The van der Waals surface area contributed by atoms with Crippen LogP contribution in [0.3, 0.4) is 0 Å². The molecule has 0 aliphatic rings. The van der Waals surface area contributed by atoms with Crippen molar-refractivity contribution < 1.29 is 9.53 Å². The first-order valence-electron chi connectivity index (χ1n) is 10.4. The van der Waals surface area contributed by atoms with Gasteiger partial charge in [0.2, 0.25) is 0 Å².